The summed E-state index contributed by atoms with van der Waals surface area (Å²) in [7, 11) is 0. The summed E-state index contributed by atoms with van der Waals surface area (Å²) in [5, 5.41) is 0.297. The average Bonchev–Trinajstić information content (AvgIpc) is 2.19. The molecule has 0 heterocycles. The molecule has 0 fully saturated rings. The van der Waals surface area contributed by atoms with Crippen LogP contribution in [0.2, 0.25) is 0 Å². The van der Waals surface area contributed by atoms with E-state index < -0.39 is 0 Å². The van der Waals surface area contributed by atoms with Crippen LogP contribution in [0.1, 0.15) is 32.3 Å². The summed E-state index contributed by atoms with van der Waals surface area (Å²) in [6.45, 7) is 4.30. The molecule has 0 aliphatic rings. The molecule has 0 amide bonds. The molecule has 2 atom stereocenters. The highest BCUT2D eigenvalue weighted by molar-refractivity contribution is 6.20. The highest BCUT2D eigenvalue weighted by Crippen LogP contribution is 2.17. The van der Waals surface area contributed by atoms with Crippen molar-refractivity contribution in [2.45, 2.75) is 38.5 Å². The lowest BCUT2D eigenvalue weighted by atomic mass is 9.99. The van der Waals surface area contributed by atoms with Crippen LogP contribution in [0, 0.1) is 5.92 Å². The van der Waals surface area contributed by atoms with Crippen molar-refractivity contribution in [2.24, 2.45) is 5.92 Å². The van der Waals surface area contributed by atoms with E-state index in [0.717, 1.165) is 0 Å². The van der Waals surface area contributed by atoms with E-state index in [0.29, 0.717) is 11.3 Å². The van der Waals surface area contributed by atoms with E-state index in [4.69, 9.17) is 11.6 Å². The minimum absolute atomic E-state index is 0.297. The van der Waals surface area contributed by atoms with E-state index >= 15 is 0 Å². The second kappa shape index (κ2) is 6.08. The van der Waals surface area contributed by atoms with Crippen LogP contribution in [0.3, 0.4) is 0 Å². The first kappa shape index (κ1) is 11.6. The molecule has 0 aliphatic heterocycles. The largest absolute Gasteiger partial charge is 0.123 e. The first-order valence-corrected chi connectivity index (χ1v) is 5.82. The number of hydrogen-bond acceptors (Lipinski definition) is 0. The molecular formula is C13H19Cl. The van der Waals surface area contributed by atoms with Crippen LogP contribution in [0.25, 0.3) is 0 Å². The fourth-order valence-corrected chi connectivity index (χ4v) is 1.63. The number of benzene rings is 1. The Bertz CT molecular complexity index is 241. The van der Waals surface area contributed by atoms with Crippen LogP contribution in [0.4, 0.5) is 0 Å². The van der Waals surface area contributed by atoms with Crippen molar-refractivity contribution in [1.82, 2.24) is 0 Å². The maximum atomic E-state index is 6.01. The maximum Gasteiger partial charge on any atom is 0.0333 e. The Morgan fingerprint density at radius 1 is 1.14 bits per heavy atom. The Morgan fingerprint density at radius 2 is 1.79 bits per heavy atom. The lowest BCUT2D eigenvalue weighted by Gasteiger charge is -2.12. The van der Waals surface area contributed by atoms with Crippen molar-refractivity contribution < 1.29 is 0 Å². The Labute approximate surface area is 92.3 Å². The molecule has 0 saturated heterocycles. The molecule has 0 radical (unpaired) electrons. The van der Waals surface area contributed by atoms with Gasteiger partial charge in [0.15, 0.2) is 0 Å². The summed E-state index contributed by atoms with van der Waals surface area (Å²) >= 11 is 6.01. The number of alkyl halides is 1. The normalized spacial score (nSPS) is 15.1. The highest BCUT2D eigenvalue weighted by atomic mass is 35.5. The van der Waals surface area contributed by atoms with E-state index in [2.05, 4.69) is 44.2 Å². The topological polar surface area (TPSA) is 0 Å². The van der Waals surface area contributed by atoms with Gasteiger partial charge in [0.05, 0.1) is 0 Å². The predicted octanol–water partition coefficient (Wildman–Crippen LogP) is 4.27. The van der Waals surface area contributed by atoms with Crippen LogP contribution < -0.4 is 0 Å². The Hall–Kier alpha value is -0.490. The van der Waals surface area contributed by atoms with Gasteiger partial charge in [-0.2, -0.15) is 0 Å². The van der Waals surface area contributed by atoms with Crippen LogP contribution >= 0.6 is 11.6 Å². The first-order valence-electron chi connectivity index (χ1n) is 5.38. The zero-order valence-electron chi connectivity index (χ0n) is 9.04. The molecule has 78 valence electrons. The maximum absolute atomic E-state index is 6.01. The van der Waals surface area contributed by atoms with Crippen molar-refractivity contribution in [1.29, 1.82) is 0 Å². The zero-order chi connectivity index (χ0) is 10.4. The molecule has 1 aromatic carbocycles. The van der Waals surface area contributed by atoms with Crippen molar-refractivity contribution in [3.8, 4) is 0 Å². The van der Waals surface area contributed by atoms with Gasteiger partial charge in [-0.3, -0.25) is 0 Å². The molecule has 0 N–H and O–H groups in total. The predicted molar refractivity (Wildman–Crippen MR) is 63.9 cm³/mol. The molecule has 0 saturated carbocycles. The summed E-state index contributed by atoms with van der Waals surface area (Å²) in [6.07, 6.45) is 3.64. The number of halogens is 1. The minimum atomic E-state index is 0.297. The molecule has 14 heavy (non-hydrogen) atoms. The van der Waals surface area contributed by atoms with Gasteiger partial charge in [0, 0.05) is 5.38 Å². The third kappa shape index (κ3) is 4.15. The molecule has 0 spiro atoms. The van der Waals surface area contributed by atoms with Gasteiger partial charge in [0.2, 0.25) is 0 Å². The van der Waals surface area contributed by atoms with Gasteiger partial charge in [-0.25, -0.2) is 0 Å². The Morgan fingerprint density at radius 3 is 2.36 bits per heavy atom. The van der Waals surface area contributed by atoms with Crippen molar-refractivity contribution in [2.75, 3.05) is 0 Å². The van der Waals surface area contributed by atoms with E-state index in [1.165, 1.54) is 24.8 Å². The van der Waals surface area contributed by atoms with Crippen LogP contribution in [0.15, 0.2) is 30.3 Å². The van der Waals surface area contributed by atoms with E-state index in [1.807, 2.05) is 0 Å². The highest BCUT2D eigenvalue weighted by Gasteiger charge is 2.07. The van der Waals surface area contributed by atoms with Gasteiger partial charge < -0.3 is 0 Å². The molecule has 0 aliphatic carbocycles. The van der Waals surface area contributed by atoms with Gasteiger partial charge in [-0.1, -0.05) is 37.3 Å². The van der Waals surface area contributed by atoms with Gasteiger partial charge in [-0.15, -0.1) is 11.6 Å². The van der Waals surface area contributed by atoms with E-state index in [1.54, 1.807) is 0 Å². The smallest absolute Gasteiger partial charge is 0.0333 e. The van der Waals surface area contributed by atoms with Gasteiger partial charge in [0.25, 0.3) is 0 Å². The zero-order valence-corrected chi connectivity index (χ0v) is 9.80. The van der Waals surface area contributed by atoms with E-state index in [-0.39, 0.29) is 0 Å². The van der Waals surface area contributed by atoms with Gasteiger partial charge >= 0.3 is 0 Å². The van der Waals surface area contributed by atoms with E-state index in [9.17, 15) is 0 Å². The molecule has 1 heteroatoms. The number of hydrogen-bond donors (Lipinski definition) is 0. The second-order valence-corrected chi connectivity index (χ2v) is 4.72. The number of aryl methyl sites for hydroxylation is 1. The third-order valence-electron chi connectivity index (χ3n) is 2.75. The van der Waals surface area contributed by atoms with Gasteiger partial charge in [-0.05, 0) is 37.7 Å². The SMILES string of the molecule is CC(Cl)C(C)CCCc1ccccc1. The molecule has 0 aromatic heterocycles. The van der Waals surface area contributed by atoms with Crippen molar-refractivity contribution in [3.05, 3.63) is 35.9 Å². The first-order chi connectivity index (χ1) is 6.70. The summed E-state index contributed by atoms with van der Waals surface area (Å²) in [4.78, 5) is 0. The summed E-state index contributed by atoms with van der Waals surface area (Å²) in [6, 6.07) is 10.6. The average molecular weight is 211 g/mol. The Kier molecular flexibility index (Phi) is 5.03. The van der Waals surface area contributed by atoms with Crippen molar-refractivity contribution in [3.63, 3.8) is 0 Å². The molecule has 1 aromatic rings. The van der Waals surface area contributed by atoms with Crippen molar-refractivity contribution >= 4 is 11.6 Å². The molecular weight excluding hydrogens is 192 g/mol. The fraction of sp³-hybridized carbons (Fsp3) is 0.538. The summed E-state index contributed by atoms with van der Waals surface area (Å²) in [5.74, 6) is 0.625. The lowest BCUT2D eigenvalue weighted by Crippen LogP contribution is -2.06. The van der Waals surface area contributed by atoms with Crippen LogP contribution in [-0.4, -0.2) is 5.38 Å². The lowest BCUT2D eigenvalue weighted by molar-refractivity contribution is 0.502. The monoisotopic (exact) mass is 210 g/mol. The summed E-state index contributed by atoms with van der Waals surface area (Å²) in [5.41, 5.74) is 1.43. The molecule has 2 unspecified atom stereocenters. The number of rotatable bonds is 5. The van der Waals surface area contributed by atoms with Crippen LogP contribution in [0.5, 0.6) is 0 Å². The fourth-order valence-electron chi connectivity index (χ4n) is 1.50. The second-order valence-electron chi connectivity index (χ2n) is 4.03. The molecule has 0 nitrogen and oxygen atoms in total. The standard InChI is InChI=1S/C13H19Cl/c1-11(12(2)14)7-6-10-13-8-4-3-5-9-13/h3-5,8-9,11-12H,6-7,10H2,1-2H3. The minimum Gasteiger partial charge on any atom is -0.123 e. The third-order valence-corrected chi connectivity index (χ3v) is 3.18. The quantitative estimate of drug-likeness (QED) is 0.637. The summed E-state index contributed by atoms with van der Waals surface area (Å²) < 4.78 is 0. The Balaban J connectivity index is 2.22. The van der Waals surface area contributed by atoms with Crippen LogP contribution in [-0.2, 0) is 6.42 Å². The molecule has 0 bridgehead atoms. The molecule has 1 rings (SSSR count). The van der Waals surface area contributed by atoms with Gasteiger partial charge in [0.1, 0.15) is 0 Å².